The zero-order valence-corrected chi connectivity index (χ0v) is 10.1. The lowest BCUT2D eigenvalue weighted by Gasteiger charge is -2.27. The Labute approximate surface area is 99.8 Å². The van der Waals surface area contributed by atoms with E-state index in [-0.39, 0.29) is 6.10 Å². The van der Waals surface area contributed by atoms with Gasteiger partial charge in [0.25, 0.3) is 0 Å². The Morgan fingerprint density at radius 1 is 1.56 bits per heavy atom. The third-order valence-electron chi connectivity index (χ3n) is 2.63. The first-order valence-electron chi connectivity index (χ1n) is 5.32. The Morgan fingerprint density at radius 2 is 2.44 bits per heavy atom. The van der Waals surface area contributed by atoms with Gasteiger partial charge in [-0.05, 0) is 17.7 Å². The number of aliphatic hydroxyl groups excluding tert-OH is 1. The third kappa shape index (κ3) is 2.70. The predicted octanol–water partition coefficient (Wildman–Crippen LogP) is 1.86. The number of benzene rings is 1. The second-order valence-electron chi connectivity index (χ2n) is 3.71. The highest BCUT2D eigenvalue weighted by atomic mass is 32.2. The van der Waals surface area contributed by atoms with E-state index in [4.69, 9.17) is 9.47 Å². The van der Waals surface area contributed by atoms with E-state index in [0.717, 1.165) is 29.4 Å². The lowest BCUT2D eigenvalue weighted by molar-refractivity contribution is -0.0228. The largest absolute Gasteiger partial charge is 0.497 e. The highest BCUT2D eigenvalue weighted by Gasteiger charge is 2.24. The second kappa shape index (κ2) is 5.57. The first kappa shape index (κ1) is 11.8. The molecule has 1 heterocycles. The molecule has 1 aromatic carbocycles. The van der Waals surface area contributed by atoms with Crippen LogP contribution in [-0.4, -0.2) is 36.4 Å². The van der Waals surface area contributed by atoms with Crippen molar-refractivity contribution in [2.75, 3.05) is 25.2 Å². The standard InChI is InChI=1S/C12H16O3S/c1-14-10-4-2-3-9(7-10)12(13)11-8-16-6-5-15-11/h2-4,7,11-13H,5-6,8H2,1H3. The molecule has 1 aromatic rings. The van der Waals surface area contributed by atoms with Crippen LogP contribution in [0, 0.1) is 0 Å². The minimum Gasteiger partial charge on any atom is -0.497 e. The monoisotopic (exact) mass is 240 g/mol. The van der Waals surface area contributed by atoms with E-state index in [9.17, 15) is 5.11 Å². The van der Waals surface area contributed by atoms with E-state index in [2.05, 4.69) is 0 Å². The molecule has 0 saturated carbocycles. The van der Waals surface area contributed by atoms with Crippen molar-refractivity contribution >= 4 is 11.8 Å². The molecule has 0 aromatic heterocycles. The maximum Gasteiger partial charge on any atom is 0.119 e. The van der Waals surface area contributed by atoms with Crippen molar-refractivity contribution in [1.29, 1.82) is 0 Å². The first-order valence-corrected chi connectivity index (χ1v) is 6.48. The zero-order chi connectivity index (χ0) is 11.4. The lowest BCUT2D eigenvalue weighted by atomic mass is 10.1. The van der Waals surface area contributed by atoms with Crippen LogP contribution in [0.25, 0.3) is 0 Å². The van der Waals surface area contributed by atoms with Crippen molar-refractivity contribution in [3.05, 3.63) is 29.8 Å². The molecule has 1 aliphatic heterocycles. The van der Waals surface area contributed by atoms with E-state index >= 15 is 0 Å². The normalized spacial score (nSPS) is 22.8. The van der Waals surface area contributed by atoms with Gasteiger partial charge in [-0.2, -0.15) is 11.8 Å². The lowest BCUT2D eigenvalue weighted by Crippen LogP contribution is -2.29. The topological polar surface area (TPSA) is 38.7 Å². The summed E-state index contributed by atoms with van der Waals surface area (Å²) >= 11 is 1.82. The molecule has 1 fully saturated rings. The maximum absolute atomic E-state index is 10.2. The van der Waals surface area contributed by atoms with Crippen LogP contribution < -0.4 is 4.74 Å². The van der Waals surface area contributed by atoms with E-state index in [1.54, 1.807) is 7.11 Å². The Balaban J connectivity index is 2.09. The fourth-order valence-electron chi connectivity index (χ4n) is 1.73. The van der Waals surface area contributed by atoms with Gasteiger partial charge in [-0.15, -0.1) is 0 Å². The summed E-state index contributed by atoms with van der Waals surface area (Å²) < 4.78 is 10.7. The molecule has 2 rings (SSSR count). The molecule has 0 bridgehead atoms. The van der Waals surface area contributed by atoms with Crippen molar-refractivity contribution in [2.45, 2.75) is 12.2 Å². The van der Waals surface area contributed by atoms with Crippen molar-refractivity contribution in [3.63, 3.8) is 0 Å². The highest BCUT2D eigenvalue weighted by molar-refractivity contribution is 7.99. The molecule has 88 valence electrons. The Hall–Kier alpha value is -0.710. The van der Waals surface area contributed by atoms with Crippen LogP contribution in [0.2, 0.25) is 0 Å². The zero-order valence-electron chi connectivity index (χ0n) is 9.26. The summed E-state index contributed by atoms with van der Waals surface area (Å²) in [6, 6.07) is 7.50. The summed E-state index contributed by atoms with van der Waals surface area (Å²) in [5, 5.41) is 10.2. The summed E-state index contributed by atoms with van der Waals surface area (Å²) in [6.07, 6.45) is -0.672. The van der Waals surface area contributed by atoms with Crippen molar-refractivity contribution in [3.8, 4) is 5.75 Å². The molecule has 16 heavy (non-hydrogen) atoms. The van der Waals surface area contributed by atoms with Gasteiger partial charge in [0.2, 0.25) is 0 Å². The van der Waals surface area contributed by atoms with Crippen LogP contribution in [0.5, 0.6) is 5.75 Å². The summed E-state index contributed by atoms with van der Waals surface area (Å²) in [5.41, 5.74) is 0.854. The van der Waals surface area contributed by atoms with Crippen LogP contribution >= 0.6 is 11.8 Å². The average molecular weight is 240 g/mol. The van der Waals surface area contributed by atoms with Gasteiger partial charge in [-0.3, -0.25) is 0 Å². The molecule has 2 unspecified atom stereocenters. The SMILES string of the molecule is COc1cccc(C(O)C2CSCCO2)c1. The van der Waals surface area contributed by atoms with Gasteiger partial charge in [0.05, 0.1) is 19.8 Å². The minimum absolute atomic E-state index is 0.106. The molecule has 0 radical (unpaired) electrons. The van der Waals surface area contributed by atoms with E-state index in [0.29, 0.717) is 0 Å². The molecule has 0 amide bonds. The Bertz CT molecular complexity index is 337. The van der Waals surface area contributed by atoms with Gasteiger partial charge in [0.15, 0.2) is 0 Å². The van der Waals surface area contributed by atoms with Gasteiger partial charge < -0.3 is 14.6 Å². The number of ether oxygens (including phenoxy) is 2. The molecule has 1 saturated heterocycles. The smallest absolute Gasteiger partial charge is 0.119 e. The van der Waals surface area contributed by atoms with Crippen LogP contribution in [0.4, 0.5) is 0 Å². The highest BCUT2D eigenvalue weighted by Crippen LogP contribution is 2.27. The number of hydrogen-bond donors (Lipinski definition) is 1. The van der Waals surface area contributed by atoms with Gasteiger partial charge in [-0.1, -0.05) is 12.1 Å². The van der Waals surface area contributed by atoms with Crippen molar-refractivity contribution in [2.24, 2.45) is 0 Å². The van der Waals surface area contributed by atoms with E-state index in [1.807, 2.05) is 36.0 Å². The fraction of sp³-hybridized carbons (Fsp3) is 0.500. The van der Waals surface area contributed by atoms with Crippen LogP contribution in [-0.2, 0) is 4.74 Å². The number of methoxy groups -OCH3 is 1. The summed E-state index contributed by atoms with van der Waals surface area (Å²) in [4.78, 5) is 0. The summed E-state index contributed by atoms with van der Waals surface area (Å²) in [5.74, 6) is 2.62. The van der Waals surface area contributed by atoms with Crippen LogP contribution in [0.1, 0.15) is 11.7 Å². The molecule has 2 atom stereocenters. The number of rotatable bonds is 3. The van der Waals surface area contributed by atoms with Gasteiger partial charge in [0.1, 0.15) is 11.9 Å². The quantitative estimate of drug-likeness (QED) is 0.875. The minimum atomic E-state index is -0.567. The predicted molar refractivity (Wildman–Crippen MR) is 65.0 cm³/mol. The average Bonchev–Trinajstić information content (AvgIpc) is 2.39. The molecule has 1 aliphatic rings. The second-order valence-corrected chi connectivity index (χ2v) is 4.86. The van der Waals surface area contributed by atoms with Crippen LogP contribution in [0.3, 0.4) is 0 Å². The summed E-state index contributed by atoms with van der Waals surface area (Å²) in [7, 11) is 1.62. The van der Waals surface area contributed by atoms with Gasteiger partial charge in [0, 0.05) is 11.5 Å². The molecule has 3 nitrogen and oxygen atoms in total. The molecular formula is C12H16O3S. The number of aliphatic hydroxyl groups is 1. The molecule has 0 spiro atoms. The molecular weight excluding hydrogens is 224 g/mol. The van der Waals surface area contributed by atoms with Gasteiger partial charge in [-0.25, -0.2) is 0 Å². The molecule has 0 aliphatic carbocycles. The van der Waals surface area contributed by atoms with E-state index in [1.165, 1.54) is 0 Å². The summed E-state index contributed by atoms with van der Waals surface area (Å²) in [6.45, 7) is 0.719. The van der Waals surface area contributed by atoms with E-state index < -0.39 is 6.10 Å². The Kier molecular flexibility index (Phi) is 4.09. The maximum atomic E-state index is 10.2. The fourth-order valence-corrected chi connectivity index (χ4v) is 2.62. The van der Waals surface area contributed by atoms with Crippen LogP contribution in [0.15, 0.2) is 24.3 Å². The first-order chi connectivity index (χ1) is 7.81. The third-order valence-corrected chi connectivity index (χ3v) is 3.65. The van der Waals surface area contributed by atoms with Gasteiger partial charge >= 0.3 is 0 Å². The van der Waals surface area contributed by atoms with Crippen molar-refractivity contribution < 1.29 is 14.6 Å². The molecule has 1 N–H and O–H groups in total. The molecule has 4 heteroatoms. The number of hydrogen-bond acceptors (Lipinski definition) is 4. The Morgan fingerprint density at radius 3 is 3.12 bits per heavy atom. The van der Waals surface area contributed by atoms with Crippen molar-refractivity contribution in [1.82, 2.24) is 0 Å². The number of thioether (sulfide) groups is 1.